The maximum absolute atomic E-state index is 13.4. The smallest absolute Gasteiger partial charge is 0.259 e. The van der Waals surface area contributed by atoms with Gasteiger partial charge in [0.25, 0.3) is 11.8 Å². The number of anilines is 2. The molecule has 188 valence electrons. The van der Waals surface area contributed by atoms with Crippen LogP contribution in [0.25, 0.3) is 16.9 Å². The summed E-state index contributed by atoms with van der Waals surface area (Å²) < 4.78 is 12.5. The first kappa shape index (κ1) is 24.3. The van der Waals surface area contributed by atoms with Crippen LogP contribution in [0.5, 0.6) is 5.75 Å². The molecule has 1 unspecified atom stereocenters. The lowest BCUT2D eigenvalue weighted by Gasteiger charge is -2.11. The second-order valence-electron chi connectivity index (χ2n) is 8.93. The number of carbonyl (C=O) groups is 2. The fourth-order valence-corrected chi connectivity index (χ4v) is 4.20. The molecule has 8 heteroatoms. The topological polar surface area (TPSA) is 94.5 Å². The number of hydrogen-bond donors (Lipinski definition) is 2. The summed E-state index contributed by atoms with van der Waals surface area (Å²) in [6.07, 6.45) is 2.94. The zero-order valence-corrected chi connectivity index (χ0v) is 20.7. The number of carbonyl (C=O) groups excluding carboxylic acids is 2. The van der Waals surface area contributed by atoms with Crippen molar-refractivity contribution in [2.24, 2.45) is 0 Å². The van der Waals surface area contributed by atoms with E-state index in [4.69, 9.17) is 14.6 Å². The van der Waals surface area contributed by atoms with Crippen LogP contribution in [0, 0.1) is 6.92 Å². The molecule has 8 nitrogen and oxygen atoms in total. The molecule has 5 rings (SSSR count). The number of benzene rings is 3. The lowest BCUT2D eigenvalue weighted by molar-refractivity contribution is -0.124. The van der Waals surface area contributed by atoms with E-state index in [0.717, 1.165) is 29.7 Å². The summed E-state index contributed by atoms with van der Waals surface area (Å²) in [5, 5.41) is 10.6. The molecule has 0 radical (unpaired) electrons. The molecule has 2 amide bonds. The molecule has 0 saturated carbocycles. The second kappa shape index (κ2) is 10.7. The van der Waals surface area contributed by atoms with Crippen molar-refractivity contribution in [3.63, 3.8) is 0 Å². The quantitative estimate of drug-likeness (QED) is 0.366. The molecule has 0 aliphatic carbocycles. The van der Waals surface area contributed by atoms with Crippen LogP contribution in [-0.4, -0.2) is 41.4 Å². The van der Waals surface area contributed by atoms with Gasteiger partial charge in [0.05, 0.1) is 18.4 Å². The summed E-state index contributed by atoms with van der Waals surface area (Å²) in [5.41, 5.74) is 4.95. The van der Waals surface area contributed by atoms with Gasteiger partial charge in [0.1, 0.15) is 17.5 Å². The van der Waals surface area contributed by atoms with E-state index in [0.29, 0.717) is 35.0 Å². The Balaban J connectivity index is 1.39. The third-order valence-electron chi connectivity index (χ3n) is 6.23. The molecule has 37 heavy (non-hydrogen) atoms. The highest BCUT2D eigenvalue weighted by Gasteiger charge is 2.23. The Bertz CT molecular complexity index is 1400. The number of methoxy groups -OCH3 is 1. The van der Waals surface area contributed by atoms with Gasteiger partial charge in [0.15, 0.2) is 0 Å². The van der Waals surface area contributed by atoms with Crippen LogP contribution < -0.4 is 15.4 Å². The maximum Gasteiger partial charge on any atom is 0.259 e. The number of hydrogen-bond acceptors (Lipinski definition) is 5. The molecular formula is C29H28N4O4. The van der Waals surface area contributed by atoms with Crippen LogP contribution in [0.4, 0.5) is 11.4 Å². The van der Waals surface area contributed by atoms with Crippen LogP contribution in [0.15, 0.2) is 79.0 Å². The number of ether oxygens (including phenoxy) is 2. The molecular weight excluding hydrogens is 468 g/mol. The summed E-state index contributed by atoms with van der Waals surface area (Å²) in [7, 11) is 1.60. The predicted octanol–water partition coefficient (Wildman–Crippen LogP) is 5.23. The number of nitrogens with one attached hydrogen (secondary N) is 2. The molecule has 1 aliphatic rings. The largest absolute Gasteiger partial charge is 0.497 e. The van der Waals surface area contributed by atoms with E-state index in [1.807, 2.05) is 55.5 Å². The summed E-state index contributed by atoms with van der Waals surface area (Å²) in [5.74, 6) is 0.224. The highest BCUT2D eigenvalue weighted by molar-refractivity contribution is 6.08. The molecule has 1 aromatic heterocycles. The van der Waals surface area contributed by atoms with Crippen molar-refractivity contribution in [3.05, 3.63) is 90.1 Å². The molecule has 1 fully saturated rings. The van der Waals surface area contributed by atoms with Gasteiger partial charge < -0.3 is 20.1 Å². The minimum absolute atomic E-state index is 0.152. The number of nitrogens with zero attached hydrogens (tertiary/aromatic N) is 2. The first-order valence-corrected chi connectivity index (χ1v) is 12.2. The van der Waals surface area contributed by atoms with E-state index in [2.05, 4.69) is 10.6 Å². The van der Waals surface area contributed by atoms with Gasteiger partial charge >= 0.3 is 0 Å². The molecule has 1 saturated heterocycles. The zero-order valence-electron chi connectivity index (χ0n) is 20.7. The van der Waals surface area contributed by atoms with Gasteiger partial charge in [0.2, 0.25) is 0 Å². The minimum atomic E-state index is -0.403. The first-order valence-electron chi connectivity index (χ1n) is 12.2. The second-order valence-corrected chi connectivity index (χ2v) is 8.93. The normalized spacial score (nSPS) is 14.8. The average molecular weight is 497 g/mol. The van der Waals surface area contributed by atoms with E-state index in [1.54, 1.807) is 42.3 Å². The SMILES string of the molecule is COc1cccc(-c2nn(-c3ccc(C)cc3)cc2C(=O)Nc2ccc(NC(=O)C3CCCO3)cc2)c1. The third kappa shape index (κ3) is 5.54. The van der Waals surface area contributed by atoms with Crippen molar-refractivity contribution in [3.8, 4) is 22.7 Å². The van der Waals surface area contributed by atoms with E-state index < -0.39 is 6.10 Å². The molecule has 4 aromatic rings. The van der Waals surface area contributed by atoms with Gasteiger partial charge in [-0.1, -0.05) is 29.8 Å². The highest BCUT2D eigenvalue weighted by atomic mass is 16.5. The number of aryl methyl sites for hydroxylation is 1. The lowest BCUT2D eigenvalue weighted by atomic mass is 10.1. The van der Waals surface area contributed by atoms with Crippen LogP contribution >= 0.6 is 0 Å². The Morgan fingerprint density at radius 1 is 1.00 bits per heavy atom. The van der Waals surface area contributed by atoms with E-state index in [1.165, 1.54) is 0 Å². The number of amides is 2. The Labute approximate surface area is 215 Å². The Hall–Kier alpha value is -4.43. The molecule has 3 aromatic carbocycles. The van der Waals surface area contributed by atoms with Crippen LogP contribution in [-0.2, 0) is 9.53 Å². The predicted molar refractivity (Wildman–Crippen MR) is 142 cm³/mol. The summed E-state index contributed by atoms with van der Waals surface area (Å²) in [6.45, 7) is 2.63. The van der Waals surface area contributed by atoms with Crippen molar-refractivity contribution < 1.29 is 19.1 Å². The van der Waals surface area contributed by atoms with E-state index >= 15 is 0 Å². The van der Waals surface area contributed by atoms with Crippen molar-refractivity contribution in [1.82, 2.24) is 9.78 Å². The molecule has 1 atom stereocenters. The molecule has 2 heterocycles. The minimum Gasteiger partial charge on any atom is -0.497 e. The highest BCUT2D eigenvalue weighted by Crippen LogP contribution is 2.28. The fourth-order valence-electron chi connectivity index (χ4n) is 4.20. The van der Waals surface area contributed by atoms with Crippen LogP contribution in [0.3, 0.4) is 0 Å². The number of aromatic nitrogens is 2. The van der Waals surface area contributed by atoms with Gasteiger partial charge in [-0.25, -0.2) is 4.68 Å². The van der Waals surface area contributed by atoms with Crippen LogP contribution in [0.1, 0.15) is 28.8 Å². The standard InChI is InChI=1S/C29H28N4O4/c1-19-8-14-23(15-9-19)33-18-25(27(32-33)20-5-3-6-24(17-20)36-2)28(34)30-21-10-12-22(13-11-21)31-29(35)26-7-4-16-37-26/h3,5-6,8-15,17-18,26H,4,7,16H2,1-2H3,(H,30,34)(H,31,35). The molecule has 0 bridgehead atoms. The summed E-state index contributed by atoms with van der Waals surface area (Å²) in [6, 6.07) is 22.4. The monoisotopic (exact) mass is 496 g/mol. The third-order valence-corrected chi connectivity index (χ3v) is 6.23. The van der Waals surface area contributed by atoms with Crippen molar-refractivity contribution in [2.75, 3.05) is 24.4 Å². The average Bonchev–Trinajstić information content (AvgIpc) is 3.61. The zero-order chi connectivity index (χ0) is 25.8. The van der Waals surface area contributed by atoms with Gasteiger partial charge in [-0.3, -0.25) is 9.59 Å². The van der Waals surface area contributed by atoms with Gasteiger partial charge in [-0.05, 0) is 68.3 Å². The van der Waals surface area contributed by atoms with E-state index in [-0.39, 0.29) is 11.8 Å². The van der Waals surface area contributed by atoms with E-state index in [9.17, 15) is 9.59 Å². The Morgan fingerprint density at radius 3 is 2.41 bits per heavy atom. The Kier molecular flexibility index (Phi) is 7.00. The first-order chi connectivity index (χ1) is 18.0. The van der Waals surface area contributed by atoms with Gasteiger partial charge in [-0.15, -0.1) is 0 Å². The van der Waals surface area contributed by atoms with Crippen molar-refractivity contribution >= 4 is 23.2 Å². The molecule has 1 aliphatic heterocycles. The van der Waals surface area contributed by atoms with Crippen LogP contribution in [0.2, 0.25) is 0 Å². The molecule has 0 spiro atoms. The summed E-state index contributed by atoms with van der Waals surface area (Å²) in [4.78, 5) is 25.7. The van der Waals surface area contributed by atoms with Crippen molar-refractivity contribution in [1.29, 1.82) is 0 Å². The van der Waals surface area contributed by atoms with Crippen molar-refractivity contribution in [2.45, 2.75) is 25.9 Å². The maximum atomic E-state index is 13.4. The Morgan fingerprint density at radius 2 is 1.73 bits per heavy atom. The summed E-state index contributed by atoms with van der Waals surface area (Å²) >= 11 is 0. The lowest BCUT2D eigenvalue weighted by Crippen LogP contribution is -2.26. The number of rotatable bonds is 7. The van der Waals surface area contributed by atoms with Gasteiger partial charge in [-0.2, -0.15) is 5.10 Å². The molecule has 2 N–H and O–H groups in total. The fraction of sp³-hybridized carbons (Fsp3) is 0.207. The van der Waals surface area contributed by atoms with Gasteiger partial charge in [0, 0.05) is 29.7 Å².